The van der Waals surface area contributed by atoms with E-state index in [1.165, 1.54) is 0 Å². The van der Waals surface area contributed by atoms with Crippen LogP contribution in [0.1, 0.15) is 50.3 Å². The van der Waals surface area contributed by atoms with Gasteiger partial charge in [0, 0.05) is 6.61 Å². The van der Waals surface area contributed by atoms with E-state index in [2.05, 4.69) is 17.2 Å². The van der Waals surface area contributed by atoms with Crippen LogP contribution in [0, 0.1) is 6.92 Å². The summed E-state index contributed by atoms with van der Waals surface area (Å²) in [6.07, 6.45) is 6.04. The van der Waals surface area contributed by atoms with Crippen LogP contribution in [0.5, 0.6) is 0 Å². The summed E-state index contributed by atoms with van der Waals surface area (Å²) in [7, 11) is 0. The molecule has 1 aromatic rings. The van der Waals surface area contributed by atoms with Gasteiger partial charge in [0.2, 0.25) is 5.89 Å². The van der Waals surface area contributed by atoms with Crippen LogP contribution in [0.4, 0.5) is 0 Å². The lowest BCUT2D eigenvalue weighted by Crippen LogP contribution is -2.20. The van der Waals surface area contributed by atoms with E-state index in [9.17, 15) is 0 Å². The molecule has 1 unspecified atom stereocenters. The van der Waals surface area contributed by atoms with E-state index in [0.29, 0.717) is 6.61 Å². The molecule has 1 aromatic heterocycles. The molecule has 92 valence electrons. The molecule has 16 heavy (non-hydrogen) atoms. The van der Waals surface area contributed by atoms with Gasteiger partial charge in [-0.1, -0.05) is 12.8 Å². The van der Waals surface area contributed by atoms with Gasteiger partial charge < -0.3 is 14.8 Å². The molecule has 4 nitrogen and oxygen atoms in total. The van der Waals surface area contributed by atoms with Gasteiger partial charge in [-0.25, -0.2) is 4.98 Å². The number of aliphatic hydroxyl groups excluding tert-OH is 1. The van der Waals surface area contributed by atoms with Gasteiger partial charge in [0.05, 0.1) is 12.2 Å². The van der Waals surface area contributed by atoms with Crippen LogP contribution in [-0.4, -0.2) is 23.2 Å². The highest BCUT2D eigenvalue weighted by molar-refractivity contribution is 4.94. The van der Waals surface area contributed by atoms with Crippen molar-refractivity contribution in [2.24, 2.45) is 0 Å². The molecular weight excluding hydrogens is 204 g/mol. The van der Waals surface area contributed by atoms with Crippen LogP contribution in [0.2, 0.25) is 0 Å². The molecule has 4 heteroatoms. The van der Waals surface area contributed by atoms with E-state index in [1.54, 1.807) is 6.20 Å². The van der Waals surface area contributed by atoms with E-state index in [-0.39, 0.29) is 6.04 Å². The molecule has 2 N–H and O–H groups in total. The van der Waals surface area contributed by atoms with Crippen LogP contribution >= 0.6 is 0 Å². The quantitative estimate of drug-likeness (QED) is 0.667. The van der Waals surface area contributed by atoms with Crippen molar-refractivity contribution >= 4 is 0 Å². The van der Waals surface area contributed by atoms with E-state index in [4.69, 9.17) is 9.52 Å². The Labute approximate surface area is 97.1 Å². The molecule has 0 radical (unpaired) electrons. The predicted molar refractivity (Wildman–Crippen MR) is 63.2 cm³/mol. The molecule has 0 saturated heterocycles. The van der Waals surface area contributed by atoms with Crippen molar-refractivity contribution in [1.29, 1.82) is 0 Å². The Kier molecular flexibility index (Phi) is 6.11. The first-order valence-corrected chi connectivity index (χ1v) is 6.00. The second-order valence-electron chi connectivity index (χ2n) is 4.12. The molecule has 0 aliphatic heterocycles. The van der Waals surface area contributed by atoms with E-state index >= 15 is 0 Å². The van der Waals surface area contributed by atoms with E-state index in [0.717, 1.165) is 43.9 Å². The fraction of sp³-hybridized carbons (Fsp3) is 0.750. The minimum Gasteiger partial charge on any atom is -0.444 e. The van der Waals surface area contributed by atoms with Crippen LogP contribution in [-0.2, 0) is 0 Å². The Hall–Kier alpha value is -0.870. The van der Waals surface area contributed by atoms with Gasteiger partial charge in [0.1, 0.15) is 5.76 Å². The second-order valence-corrected chi connectivity index (χ2v) is 4.12. The van der Waals surface area contributed by atoms with Crippen LogP contribution in [0.25, 0.3) is 0 Å². The monoisotopic (exact) mass is 226 g/mol. The minimum atomic E-state index is 0.173. The number of aliphatic hydroxyl groups is 1. The molecule has 0 fully saturated rings. The number of oxazole rings is 1. The number of aromatic nitrogens is 1. The highest BCUT2D eigenvalue weighted by Crippen LogP contribution is 2.11. The predicted octanol–water partition coefficient (Wildman–Crippen LogP) is 2.19. The number of rotatable bonds is 8. The average Bonchev–Trinajstić information content (AvgIpc) is 2.70. The maximum atomic E-state index is 8.63. The Morgan fingerprint density at radius 2 is 2.12 bits per heavy atom. The third-order valence-corrected chi connectivity index (χ3v) is 2.54. The van der Waals surface area contributed by atoms with Gasteiger partial charge in [0.15, 0.2) is 0 Å². The number of nitrogens with one attached hydrogen (secondary N) is 1. The fourth-order valence-corrected chi connectivity index (χ4v) is 1.57. The maximum Gasteiger partial charge on any atom is 0.211 e. The summed E-state index contributed by atoms with van der Waals surface area (Å²) >= 11 is 0. The number of hydrogen-bond donors (Lipinski definition) is 2. The van der Waals surface area contributed by atoms with Crippen molar-refractivity contribution in [1.82, 2.24) is 10.3 Å². The number of aryl methyl sites for hydroxylation is 1. The zero-order chi connectivity index (χ0) is 11.8. The SMILES string of the molecule is Cc1cnc(C(C)NCCCCCCO)o1. The average molecular weight is 226 g/mol. The van der Waals surface area contributed by atoms with Crippen LogP contribution in [0.3, 0.4) is 0 Å². The summed E-state index contributed by atoms with van der Waals surface area (Å²) in [5, 5.41) is 12.0. The van der Waals surface area contributed by atoms with Gasteiger partial charge in [-0.05, 0) is 33.2 Å². The molecular formula is C12H22N2O2. The summed E-state index contributed by atoms with van der Waals surface area (Å²) < 4.78 is 5.43. The lowest BCUT2D eigenvalue weighted by Gasteiger charge is -2.09. The molecule has 0 saturated carbocycles. The molecule has 0 aromatic carbocycles. The van der Waals surface area contributed by atoms with Gasteiger partial charge in [-0.2, -0.15) is 0 Å². The zero-order valence-electron chi connectivity index (χ0n) is 10.2. The summed E-state index contributed by atoms with van der Waals surface area (Å²) in [4.78, 5) is 4.18. The molecule has 1 atom stereocenters. The lowest BCUT2D eigenvalue weighted by atomic mass is 10.2. The van der Waals surface area contributed by atoms with Gasteiger partial charge in [-0.15, -0.1) is 0 Å². The number of hydrogen-bond acceptors (Lipinski definition) is 4. The molecule has 0 spiro atoms. The summed E-state index contributed by atoms with van der Waals surface area (Å²) in [5.41, 5.74) is 0. The standard InChI is InChI=1S/C12H22N2O2/c1-10-9-14-12(16-10)11(2)13-7-5-3-4-6-8-15/h9,11,13,15H,3-8H2,1-2H3. The third kappa shape index (κ3) is 4.77. The van der Waals surface area contributed by atoms with Crippen LogP contribution < -0.4 is 5.32 Å². The highest BCUT2D eigenvalue weighted by Gasteiger charge is 2.09. The zero-order valence-corrected chi connectivity index (χ0v) is 10.2. The lowest BCUT2D eigenvalue weighted by molar-refractivity contribution is 0.282. The Morgan fingerprint density at radius 3 is 2.75 bits per heavy atom. The maximum absolute atomic E-state index is 8.63. The fourth-order valence-electron chi connectivity index (χ4n) is 1.57. The number of unbranched alkanes of at least 4 members (excludes halogenated alkanes) is 3. The smallest absolute Gasteiger partial charge is 0.211 e. The van der Waals surface area contributed by atoms with Crippen molar-refractivity contribution in [3.8, 4) is 0 Å². The summed E-state index contributed by atoms with van der Waals surface area (Å²) in [6, 6.07) is 0.173. The summed E-state index contributed by atoms with van der Waals surface area (Å²) in [6.45, 7) is 5.23. The normalized spacial score (nSPS) is 12.9. The molecule has 0 aliphatic rings. The molecule has 0 amide bonds. The Balaban J connectivity index is 2.09. The topological polar surface area (TPSA) is 58.3 Å². The molecule has 0 bridgehead atoms. The van der Waals surface area contributed by atoms with E-state index in [1.807, 2.05) is 6.92 Å². The molecule has 1 heterocycles. The first-order valence-electron chi connectivity index (χ1n) is 6.00. The highest BCUT2D eigenvalue weighted by atomic mass is 16.4. The Bertz CT molecular complexity index is 286. The van der Waals surface area contributed by atoms with Gasteiger partial charge in [-0.3, -0.25) is 0 Å². The third-order valence-electron chi connectivity index (χ3n) is 2.54. The summed E-state index contributed by atoms with van der Waals surface area (Å²) in [5.74, 6) is 1.61. The number of nitrogens with zero attached hydrogens (tertiary/aromatic N) is 1. The van der Waals surface area contributed by atoms with Crippen molar-refractivity contribution in [3.63, 3.8) is 0 Å². The second kappa shape index (κ2) is 7.41. The van der Waals surface area contributed by atoms with Crippen LogP contribution in [0.15, 0.2) is 10.6 Å². The largest absolute Gasteiger partial charge is 0.444 e. The first kappa shape index (κ1) is 13.2. The van der Waals surface area contributed by atoms with Crippen molar-refractivity contribution in [3.05, 3.63) is 17.8 Å². The van der Waals surface area contributed by atoms with Gasteiger partial charge >= 0.3 is 0 Å². The van der Waals surface area contributed by atoms with E-state index < -0.39 is 0 Å². The first-order chi connectivity index (χ1) is 7.74. The van der Waals surface area contributed by atoms with Gasteiger partial charge in [0.25, 0.3) is 0 Å². The van der Waals surface area contributed by atoms with Crippen molar-refractivity contribution in [2.75, 3.05) is 13.2 Å². The molecule has 0 aliphatic carbocycles. The Morgan fingerprint density at radius 1 is 1.38 bits per heavy atom. The molecule has 1 rings (SSSR count). The van der Waals surface area contributed by atoms with Crippen molar-refractivity contribution in [2.45, 2.75) is 45.6 Å². The van der Waals surface area contributed by atoms with Crippen molar-refractivity contribution < 1.29 is 9.52 Å². The minimum absolute atomic E-state index is 0.173.